The molecular formula is C17H13N3O4. The molecule has 0 atom stereocenters. The molecule has 0 aliphatic heterocycles. The molecule has 1 aliphatic rings. The topological polar surface area (TPSA) is 108 Å². The number of nitrogens with zero attached hydrogens (tertiary/aromatic N) is 2. The Labute approximate surface area is 136 Å². The molecule has 4 rings (SSSR count). The molecule has 24 heavy (non-hydrogen) atoms. The van der Waals surface area contributed by atoms with Gasteiger partial charge >= 0.3 is 5.97 Å². The second-order valence-electron chi connectivity index (χ2n) is 5.53. The Morgan fingerprint density at radius 2 is 2.17 bits per heavy atom. The van der Waals surface area contributed by atoms with E-state index in [1.807, 2.05) is 18.2 Å². The van der Waals surface area contributed by atoms with E-state index in [0.717, 1.165) is 23.2 Å². The van der Waals surface area contributed by atoms with Gasteiger partial charge in [-0.2, -0.15) is 0 Å². The van der Waals surface area contributed by atoms with Crippen LogP contribution in [-0.4, -0.2) is 27.0 Å². The molecule has 0 radical (unpaired) electrons. The van der Waals surface area contributed by atoms with Crippen molar-refractivity contribution >= 4 is 34.0 Å². The number of furan rings is 1. The second-order valence-corrected chi connectivity index (χ2v) is 5.53. The van der Waals surface area contributed by atoms with Crippen LogP contribution in [0.25, 0.3) is 11.0 Å². The number of nitrogens with one attached hydrogen (secondary N) is 1. The van der Waals surface area contributed by atoms with E-state index in [9.17, 15) is 9.90 Å². The molecule has 1 aromatic carbocycles. The molecule has 0 unspecified atom stereocenters. The monoisotopic (exact) mass is 323 g/mol. The van der Waals surface area contributed by atoms with Crippen molar-refractivity contribution in [3.8, 4) is 0 Å². The predicted octanol–water partition coefficient (Wildman–Crippen LogP) is 3.39. The molecule has 0 fully saturated rings. The lowest BCUT2D eigenvalue weighted by atomic mass is 10.1. The first-order valence-corrected chi connectivity index (χ1v) is 7.38. The number of pyridine rings is 1. The lowest BCUT2D eigenvalue weighted by molar-refractivity contribution is 0.0666. The van der Waals surface area contributed by atoms with Crippen LogP contribution >= 0.6 is 0 Å². The number of carbonyl (C=O) groups is 1. The van der Waals surface area contributed by atoms with Crippen LogP contribution in [0.2, 0.25) is 0 Å². The molecule has 1 aliphatic carbocycles. The fourth-order valence-electron chi connectivity index (χ4n) is 3.02. The Morgan fingerprint density at radius 3 is 2.96 bits per heavy atom. The largest absolute Gasteiger partial charge is 0.475 e. The Kier molecular flexibility index (Phi) is 3.19. The molecule has 0 bridgehead atoms. The first-order chi connectivity index (χ1) is 11.7. The highest BCUT2D eigenvalue weighted by molar-refractivity contribution is 6.06. The third kappa shape index (κ3) is 2.18. The van der Waals surface area contributed by atoms with Crippen molar-refractivity contribution in [3.63, 3.8) is 0 Å². The van der Waals surface area contributed by atoms with Gasteiger partial charge in [-0.3, -0.25) is 4.98 Å². The molecule has 7 nitrogen and oxygen atoms in total. The molecule has 0 saturated heterocycles. The summed E-state index contributed by atoms with van der Waals surface area (Å²) in [7, 11) is 0. The van der Waals surface area contributed by atoms with E-state index in [1.54, 1.807) is 12.3 Å². The van der Waals surface area contributed by atoms with Gasteiger partial charge in [0.25, 0.3) is 0 Å². The summed E-state index contributed by atoms with van der Waals surface area (Å²) in [4.78, 5) is 15.4. The molecule has 0 spiro atoms. The number of hydrogen-bond acceptors (Lipinski definition) is 6. The van der Waals surface area contributed by atoms with Crippen LogP contribution in [0, 0.1) is 0 Å². The number of aromatic nitrogens is 1. The number of aromatic carboxylic acids is 1. The van der Waals surface area contributed by atoms with Crippen molar-refractivity contribution in [2.75, 3.05) is 5.32 Å². The Bertz CT molecular complexity index is 991. The van der Waals surface area contributed by atoms with Crippen molar-refractivity contribution in [2.45, 2.75) is 12.8 Å². The van der Waals surface area contributed by atoms with Gasteiger partial charge in [0.2, 0.25) is 5.76 Å². The maximum atomic E-state index is 11.5. The van der Waals surface area contributed by atoms with E-state index in [2.05, 4.69) is 15.5 Å². The minimum atomic E-state index is -1.15. The number of hydrogen-bond donors (Lipinski definition) is 3. The van der Waals surface area contributed by atoms with Crippen LogP contribution in [0.1, 0.15) is 28.1 Å². The first kappa shape index (κ1) is 14.3. The lowest BCUT2D eigenvalue weighted by Crippen LogP contribution is -2.00. The van der Waals surface area contributed by atoms with Gasteiger partial charge in [-0.15, -0.1) is 0 Å². The Balaban J connectivity index is 1.78. The summed E-state index contributed by atoms with van der Waals surface area (Å²) in [5.41, 5.74) is 4.20. The SMILES string of the molecule is O=C(O)c1oc2cnccc2c1Nc1ccc2c(c1)CC/C2=N\O. The standard InChI is InChI=1S/C17H13N3O4/c21-17(22)16-15(12-5-6-18-8-14(12)24-16)19-10-2-3-11-9(7-10)1-4-13(11)20-23/h2-3,5-8,19,23H,1,4H2,(H,21,22)/b20-13+. The van der Waals surface area contributed by atoms with Gasteiger partial charge in [0.15, 0.2) is 5.58 Å². The molecule has 0 amide bonds. The zero-order chi connectivity index (χ0) is 16.7. The van der Waals surface area contributed by atoms with Crippen LogP contribution < -0.4 is 5.32 Å². The zero-order valence-corrected chi connectivity index (χ0v) is 12.5. The van der Waals surface area contributed by atoms with Gasteiger partial charge in [-0.05, 0) is 36.6 Å². The van der Waals surface area contributed by atoms with Crippen molar-refractivity contribution < 1.29 is 19.5 Å². The molecule has 3 aromatic rings. The average molecular weight is 323 g/mol. The summed E-state index contributed by atoms with van der Waals surface area (Å²) >= 11 is 0. The van der Waals surface area contributed by atoms with Crippen LogP contribution in [0.3, 0.4) is 0 Å². The summed E-state index contributed by atoms with van der Waals surface area (Å²) in [5, 5.41) is 25.5. The minimum absolute atomic E-state index is 0.156. The smallest absolute Gasteiger partial charge is 0.374 e. The molecule has 0 saturated carbocycles. The molecular weight excluding hydrogens is 310 g/mol. The van der Waals surface area contributed by atoms with Crippen molar-refractivity contribution in [3.05, 3.63) is 53.5 Å². The van der Waals surface area contributed by atoms with Crippen molar-refractivity contribution in [1.82, 2.24) is 4.98 Å². The number of carboxylic acids is 1. The highest BCUT2D eigenvalue weighted by Crippen LogP contribution is 2.34. The molecule has 7 heteroatoms. The number of rotatable bonds is 3. The van der Waals surface area contributed by atoms with Crippen molar-refractivity contribution in [1.29, 1.82) is 0 Å². The average Bonchev–Trinajstić information content (AvgIpc) is 3.16. The molecule has 3 N–H and O–H groups in total. The van der Waals surface area contributed by atoms with E-state index in [-0.39, 0.29) is 5.76 Å². The van der Waals surface area contributed by atoms with Crippen LogP contribution in [0.15, 0.2) is 46.2 Å². The summed E-state index contributed by atoms with van der Waals surface area (Å²) in [6, 6.07) is 7.32. The number of anilines is 2. The van der Waals surface area contributed by atoms with Gasteiger partial charge in [-0.25, -0.2) is 4.79 Å². The normalized spacial score (nSPS) is 14.9. The number of carboxylic acid groups (broad SMARTS) is 1. The maximum Gasteiger partial charge on any atom is 0.374 e. The van der Waals surface area contributed by atoms with E-state index in [0.29, 0.717) is 28.8 Å². The fraction of sp³-hybridized carbons (Fsp3) is 0.118. The number of benzene rings is 1. The molecule has 2 heterocycles. The van der Waals surface area contributed by atoms with E-state index < -0.39 is 5.97 Å². The summed E-state index contributed by atoms with van der Waals surface area (Å²) in [6.07, 6.45) is 4.54. The van der Waals surface area contributed by atoms with E-state index >= 15 is 0 Å². The molecule has 2 aromatic heterocycles. The van der Waals surface area contributed by atoms with Gasteiger partial charge in [0.05, 0.1) is 11.9 Å². The minimum Gasteiger partial charge on any atom is -0.475 e. The lowest BCUT2D eigenvalue weighted by Gasteiger charge is -2.08. The number of oxime groups is 1. The third-order valence-corrected chi connectivity index (χ3v) is 4.12. The second kappa shape index (κ2) is 5.38. The highest BCUT2D eigenvalue weighted by atomic mass is 16.4. The Hall–Kier alpha value is -3.35. The predicted molar refractivity (Wildman–Crippen MR) is 87.3 cm³/mol. The fourth-order valence-corrected chi connectivity index (χ4v) is 3.02. The number of aryl methyl sites for hydroxylation is 1. The number of fused-ring (bicyclic) bond motifs is 2. The van der Waals surface area contributed by atoms with Gasteiger partial charge in [-0.1, -0.05) is 11.2 Å². The maximum absolute atomic E-state index is 11.5. The Morgan fingerprint density at radius 1 is 1.29 bits per heavy atom. The van der Waals surface area contributed by atoms with Crippen LogP contribution in [0.5, 0.6) is 0 Å². The van der Waals surface area contributed by atoms with Crippen LogP contribution in [0.4, 0.5) is 11.4 Å². The summed E-state index contributed by atoms with van der Waals surface area (Å²) < 4.78 is 5.38. The van der Waals surface area contributed by atoms with E-state index in [1.165, 1.54) is 6.20 Å². The summed E-state index contributed by atoms with van der Waals surface area (Å²) in [6.45, 7) is 0. The van der Waals surface area contributed by atoms with E-state index in [4.69, 9.17) is 9.62 Å². The quantitative estimate of drug-likeness (QED) is 0.503. The van der Waals surface area contributed by atoms with Crippen LogP contribution in [-0.2, 0) is 6.42 Å². The van der Waals surface area contributed by atoms with Crippen molar-refractivity contribution in [2.24, 2.45) is 5.16 Å². The third-order valence-electron chi connectivity index (χ3n) is 4.12. The van der Waals surface area contributed by atoms with Gasteiger partial charge in [0, 0.05) is 22.8 Å². The van der Waals surface area contributed by atoms with Gasteiger partial charge in [0.1, 0.15) is 5.69 Å². The zero-order valence-electron chi connectivity index (χ0n) is 12.5. The first-order valence-electron chi connectivity index (χ1n) is 7.38. The molecule has 120 valence electrons. The van der Waals surface area contributed by atoms with Gasteiger partial charge < -0.3 is 20.0 Å². The highest BCUT2D eigenvalue weighted by Gasteiger charge is 2.22. The summed E-state index contributed by atoms with van der Waals surface area (Å²) in [5.74, 6) is -1.30.